The van der Waals surface area contributed by atoms with Crippen LogP contribution in [0.1, 0.15) is 37.1 Å². The predicted octanol–water partition coefficient (Wildman–Crippen LogP) is 4.80. The minimum atomic E-state index is -1.37. The lowest BCUT2D eigenvalue weighted by atomic mass is 9.88. The van der Waals surface area contributed by atoms with Gasteiger partial charge in [0.25, 0.3) is 0 Å². The monoisotopic (exact) mass is 386 g/mol. The maximum Gasteiger partial charge on any atom is 0.159 e. The Morgan fingerprint density at radius 2 is 2.00 bits per heavy atom. The summed E-state index contributed by atoms with van der Waals surface area (Å²) in [5.41, 5.74) is -0.553. The van der Waals surface area contributed by atoms with Gasteiger partial charge in [-0.3, -0.25) is 0 Å². The van der Waals surface area contributed by atoms with E-state index in [1.807, 2.05) is 13.0 Å². The van der Waals surface area contributed by atoms with Crippen LogP contribution in [0, 0.1) is 5.82 Å². The zero-order valence-electron chi connectivity index (χ0n) is 15.8. The van der Waals surface area contributed by atoms with Crippen LogP contribution in [0.15, 0.2) is 67.3 Å². The van der Waals surface area contributed by atoms with Crippen LogP contribution in [-0.2, 0) is 12.1 Å². The molecule has 0 aliphatic heterocycles. The molecule has 6 heteroatoms. The number of hydrogen-bond acceptors (Lipinski definition) is 3. The molecule has 0 fully saturated rings. The average Bonchev–Trinajstić information content (AvgIpc) is 3.20. The molecule has 1 N–H and O–H groups in total. The number of halogens is 2. The summed E-state index contributed by atoms with van der Waals surface area (Å²) in [5, 5.41) is 11.4. The van der Waals surface area contributed by atoms with Crippen LogP contribution in [-0.4, -0.2) is 21.3 Å². The molecule has 2 unspecified atom stereocenters. The first-order valence-electron chi connectivity index (χ1n) is 9.32. The van der Waals surface area contributed by atoms with Gasteiger partial charge in [0.2, 0.25) is 0 Å². The van der Waals surface area contributed by atoms with Gasteiger partial charge in [-0.2, -0.15) is 0 Å². The second-order valence-corrected chi connectivity index (χ2v) is 6.85. The third kappa shape index (κ3) is 4.75. The molecule has 3 aromatic rings. The first kappa shape index (κ1) is 20.0. The van der Waals surface area contributed by atoms with E-state index in [1.165, 1.54) is 18.2 Å². The van der Waals surface area contributed by atoms with Crippen LogP contribution >= 0.6 is 0 Å². The molecule has 0 aliphatic carbocycles. The van der Waals surface area contributed by atoms with Gasteiger partial charge in [-0.1, -0.05) is 43.7 Å². The van der Waals surface area contributed by atoms with Gasteiger partial charge in [-0.05, 0) is 30.2 Å². The number of ether oxygens (including phenoxy) is 1. The summed E-state index contributed by atoms with van der Waals surface area (Å²) < 4.78 is 35.9. The topological polar surface area (TPSA) is 47.3 Å². The van der Waals surface area contributed by atoms with Gasteiger partial charge >= 0.3 is 0 Å². The van der Waals surface area contributed by atoms with Crippen molar-refractivity contribution >= 4 is 0 Å². The zero-order chi connectivity index (χ0) is 20.0. The van der Waals surface area contributed by atoms with E-state index in [9.17, 15) is 13.9 Å². The van der Waals surface area contributed by atoms with Gasteiger partial charge in [-0.15, -0.1) is 0 Å². The summed E-state index contributed by atoms with van der Waals surface area (Å²) in [6, 6.07) is 12.7. The lowest BCUT2D eigenvalue weighted by molar-refractivity contribution is 0.00542. The fourth-order valence-corrected chi connectivity index (χ4v) is 3.31. The number of aromatic nitrogens is 2. The van der Waals surface area contributed by atoms with Crippen molar-refractivity contribution in [2.75, 3.05) is 6.61 Å². The van der Waals surface area contributed by atoms with Crippen LogP contribution < -0.4 is 4.74 Å². The van der Waals surface area contributed by atoms with E-state index in [2.05, 4.69) is 4.98 Å². The van der Waals surface area contributed by atoms with Crippen molar-refractivity contribution in [1.29, 1.82) is 0 Å². The third-order valence-corrected chi connectivity index (χ3v) is 4.66. The Kier molecular flexibility index (Phi) is 6.41. The summed E-state index contributed by atoms with van der Waals surface area (Å²) >= 11 is 0. The van der Waals surface area contributed by atoms with Crippen molar-refractivity contribution in [2.45, 2.75) is 38.1 Å². The van der Waals surface area contributed by atoms with Gasteiger partial charge in [0.1, 0.15) is 23.8 Å². The van der Waals surface area contributed by atoms with Gasteiger partial charge in [0, 0.05) is 18.0 Å². The summed E-state index contributed by atoms with van der Waals surface area (Å²) in [6.07, 6.45) is 4.68. The van der Waals surface area contributed by atoms with Crippen molar-refractivity contribution < 1.29 is 18.6 Å². The molecule has 0 aliphatic rings. The Morgan fingerprint density at radius 1 is 1.21 bits per heavy atom. The summed E-state index contributed by atoms with van der Waals surface area (Å²) in [4.78, 5) is 3.99. The van der Waals surface area contributed by atoms with Gasteiger partial charge < -0.3 is 14.4 Å². The van der Waals surface area contributed by atoms with Crippen molar-refractivity contribution in [2.24, 2.45) is 0 Å². The van der Waals surface area contributed by atoms with Crippen molar-refractivity contribution in [3.63, 3.8) is 0 Å². The Labute approximate surface area is 163 Å². The predicted molar refractivity (Wildman–Crippen MR) is 103 cm³/mol. The summed E-state index contributed by atoms with van der Waals surface area (Å²) in [5.74, 6) is -0.210. The van der Waals surface area contributed by atoms with E-state index in [0.717, 1.165) is 0 Å². The molecular weight excluding hydrogens is 362 g/mol. The number of imidazole rings is 1. The van der Waals surface area contributed by atoms with Gasteiger partial charge in [0.05, 0.1) is 12.9 Å². The molecule has 2 atom stereocenters. The summed E-state index contributed by atoms with van der Waals surface area (Å²) in [7, 11) is 0. The molecule has 0 bridgehead atoms. The van der Waals surface area contributed by atoms with Crippen molar-refractivity contribution in [1.82, 2.24) is 9.55 Å². The van der Waals surface area contributed by atoms with Crippen LogP contribution in [0.2, 0.25) is 0 Å². The number of aliphatic hydroxyl groups is 1. The number of benzene rings is 2. The third-order valence-electron chi connectivity index (χ3n) is 4.66. The lowest BCUT2D eigenvalue weighted by Gasteiger charge is -2.30. The first-order valence-corrected chi connectivity index (χ1v) is 9.32. The fraction of sp³-hybridized carbons (Fsp3) is 0.318. The van der Waals surface area contributed by atoms with E-state index in [-0.39, 0.29) is 18.9 Å². The van der Waals surface area contributed by atoms with E-state index in [0.29, 0.717) is 24.0 Å². The molecule has 28 heavy (non-hydrogen) atoms. The maximum absolute atomic E-state index is 14.5. The number of hydrogen-bond donors (Lipinski definition) is 1. The van der Waals surface area contributed by atoms with E-state index < -0.39 is 17.6 Å². The Morgan fingerprint density at radius 3 is 2.68 bits per heavy atom. The highest BCUT2D eigenvalue weighted by atomic mass is 19.1. The first-order chi connectivity index (χ1) is 13.5. The molecule has 0 saturated heterocycles. The van der Waals surface area contributed by atoms with Crippen LogP contribution in [0.4, 0.5) is 8.78 Å². The summed E-state index contributed by atoms with van der Waals surface area (Å²) in [6.45, 7) is 1.90. The number of alkyl halides is 1. The van der Waals surface area contributed by atoms with Crippen molar-refractivity contribution in [3.8, 4) is 5.75 Å². The molecule has 0 spiro atoms. The standard InChI is InChI=1S/C22H24F2N2O2/c1-2-10-22(27,15-26-12-11-25-16-26)19-13-18(23)8-9-21(19)28-14-20(24)17-6-4-3-5-7-17/h3-9,11-13,16,20,27H,2,10,14-15H2,1H3. The fourth-order valence-electron chi connectivity index (χ4n) is 3.31. The van der Waals surface area contributed by atoms with E-state index in [4.69, 9.17) is 4.74 Å². The normalized spacial score (nSPS) is 14.4. The Bertz CT molecular complexity index is 872. The number of rotatable bonds is 9. The van der Waals surface area contributed by atoms with Gasteiger partial charge in [-0.25, -0.2) is 13.8 Å². The molecular formula is C22H24F2N2O2. The molecule has 4 nitrogen and oxygen atoms in total. The van der Waals surface area contributed by atoms with E-state index in [1.54, 1.807) is 47.6 Å². The quantitative estimate of drug-likeness (QED) is 0.575. The molecule has 0 radical (unpaired) electrons. The van der Waals surface area contributed by atoms with Gasteiger partial charge in [0.15, 0.2) is 6.17 Å². The Balaban J connectivity index is 1.86. The SMILES string of the molecule is CCCC(O)(Cn1ccnc1)c1cc(F)ccc1OCC(F)c1ccccc1. The highest BCUT2D eigenvalue weighted by molar-refractivity contribution is 5.39. The average molecular weight is 386 g/mol. The Hall–Kier alpha value is -2.73. The second kappa shape index (κ2) is 8.97. The van der Waals surface area contributed by atoms with Crippen LogP contribution in [0.5, 0.6) is 5.75 Å². The molecule has 3 rings (SSSR count). The maximum atomic E-state index is 14.5. The van der Waals surface area contributed by atoms with Crippen molar-refractivity contribution in [3.05, 3.63) is 84.2 Å². The largest absolute Gasteiger partial charge is 0.490 e. The molecule has 1 heterocycles. The molecule has 0 amide bonds. The molecule has 1 aromatic heterocycles. The second-order valence-electron chi connectivity index (χ2n) is 6.85. The highest BCUT2D eigenvalue weighted by Crippen LogP contribution is 2.36. The lowest BCUT2D eigenvalue weighted by Crippen LogP contribution is -2.32. The minimum Gasteiger partial charge on any atom is -0.490 e. The smallest absolute Gasteiger partial charge is 0.159 e. The van der Waals surface area contributed by atoms with Crippen LogP contribution in [0.25, 0.3) is 0 Å². The molecule has 0 saturated carbocycles. The zero-order valence-corrected chi connectivity index (χ0v) is 15.8. The number of nitrogens with zero attached hydrogens (tertiary/aromatic N) is 2. The van der Waals surface area contributed by atoms with E-state index >= 15 is 0 Å². The minimum absolute atomic E-state index is 0.193. The molecule has 148 valence electrons. The highest BCUT2D eigenvalue weighted by Gasteiger charge is 2.33. The van der Waals surface area contributed by atoms with Crippen LogP contribution in [0.3, 0.4) is 0 Å². The molecule has 2 aromatic carbocycles.